The summed E-state index contributed by atoms with van der Waals surface area (Å²) < 4.78 is 23.5. The lowest BCUT2D eigenvalue weighted by molar-refractivity contribution is -0.221. The third kappa shape index (κ3) is 4.37. The van der Waals surface area contributed by atoms with Gasteiger partial charge in [-0.2, -0.15) is 0 Å². The van der Waals surface area contributed by atoms with Crippen LogP contribution < -0.4 is 0 Å². The Kier molecular flexibility index (Phi) is 6.15. The molecule has 10 heteroatoms. The minimum absolute atomic E-state index is 0.611. The van der Waals surface area contributed by atoms with Crippen LogP contribution in [0, 0.1) is 0 Å². The summed E-state index contributed by atoms with van der Waals surface area (Å²) in [7, 11) is 0. The Morgan fingerprint density at radius 2 is 1.29 bits per heavy atom. The van der Waals surface area contributed by atoms with Crippen LogP contribution in [0.2, 0.25) is 0 Å². The first-order valence-corrected chi connectivity index (χ1v) is 6.96. The first kappa shape index (κ1) is 19.3. The Morgan fingerprint density at radius 3 is 1.62 bits per heavy atom. The lowest BCUT2D eigenvalue weighted by Crippen LogP contribution is -2.52. The van der Waals surface area contributed by atoms with Gasteiger partial charge in [0.05, 0.1) is 12.2 Å². The van der Waals surface area contributed by atoms with E-state index in [1.165, 1.54) is 27.7 Å². The first-order valence-electron chi connectivity index (χ1n) is 6.96. The van der Waals surface area contributed by atoms with Crippen LogP contribution in [-0.2, 0) is 42.9 Å². The second kappa shape index (κ2) is 7.66. The highest BCUT2D eigenvalue weighted by molar-refractivity contribution is 6.05. The monoisotopic (exact) mass is 346 g/mol. The maximum absolute atomic E-state index is 12.1. The summed E-state index contributed by atoms with van der Waals surface area (Å²) >= 11 is 0. The Hall–Kier alpha value is -2.78. The molecule has 0 aromatic rings. The van der Waals surface area contributed by atoms with Gasteiger partial charge in [-0.05, 0) is 27.7 Å². The summed E-state index contributed by atoms with van der Waals surface area (Å²) in [4.78, 5) is 47.2. The fourth-order valence-corrected chi connectivity index (χ4v) is 1.52. The molecule has 0 atom stereocenters. The number of carbonyl (C=O) groups excluding carboxylic acids is 3. The van der Waals surface area contributed by atoms with Crippen molar-refractivity contribution in [1.29, 1.82) is 0 Å². The van der Waals surface area contributed by atoms with Gasteiger partial charge in [-0.3, -0.25) is 0 Å². The van der Waals surface area contributed by atoms with Crippen molar-refractivity contribution >= 4 is 23.9 Å². The number of rotatable bonds is 7. The third-order valence-corrected chi connectivity index (χ3v) is 2.43. The van der Waals surface area contributed by atoms with Gasteiger partial charge in [0, 0.05) is 0 Å². The van der Waals surface area contributed by atoms with Crippen LogP contribution in [0.15, 0.2) is 12.5 Å². The van der Waals surface area contributed by atoms with Crippen molar-refractivity contribution in [3.05, 3.63) is 12.5 Å². The molecule has 0 fully saturated rings. The minimum Gasteiger partial charge on any atom is -0.475 e. The van der Waals surface area contributed by atoms with Crippen LogP contribution >= 0.6 is 0 Å². The largest absolute Gasteiger partial charge is 0.475 e. The molecule has 0 saturated carbocycles. The van der Waals surface area contributed by atoms with Crippen molar-refractivity contribution in [2.45, 2.75) is 51.8 Å². The van der Waals surface area contributed by atoms with Crippen LogP contribution in [0.1, 0.15) is 27.7 Å². The number of ether oxygens (including phenoxy) is 5. The Balaban J connectivity index is 2.98. The van der Waals surface area contributed by atoms with E-state index in [4.69, 9.17) is 14.6 Å². The molecule has 0 aliphatic carbocycles. The van der Waals surface area contributed by atoms with Gasteiger partial charge in [0.25, 0.3) is 6.10 Å². The number of hydrogen-bond acceptors (Lipinski definition) is 9. The standard InChI is InChI=1S/C14H18O10/c1-7(2)22-10(15)9(11(16)23-8(3)4)24-13(19)14(12(17)18)20-5-6-21-14/h5-9H,1-4H3,(H,17,18). The van der Waals surface area contributed by atoms with Gasteiger partial charge < -0.3 is 28.8 Å². The van der Waals surface area contributed by atoms with E-state index in [-0.39, 0.29) is 0 Å². The molecule has 24 heavy (non-hydrogen) atoms. The van der Waals surface area contributed by atoms with Crippen molar-refractivity contribution in [3.63, 3.8) is 0 Å². The number of aliphatic carboxylic acids is 1. The van der Waals surface area contributed by atoms with Crippen LogP contribution in [0.4, 0.5) is 0 Å². The molecule has 1 rings (SSSR count). The quantitative estimate of drug-likeness (QED) is 0.384. The van der Waals surface area contributed by atoms with Crippen LogP contribution in [0.3, 0.4) is 0 Å². The Labute approximate surface area is 137 Å². The molecule has 1 N–H and O–H groups in total. The van der Waals surface area contributed by atoms with E-state index in [2.05, 4.69) is 14.2 Å². The van der Waals surface area contributed by atoms with E-state index in [1.54, 1.807) is 0 Å². The SMILES string of the molecule is CC(C)OC(=O)C(OC(=O)C1(C(=O)O)OC=CO1)C(=O)OC(C)C. The van der Waals surface area contributed by atoms with Crippen molar-refractivity contribution in [2.75, 3.05) is 0 Å². The Morgan fingerprint density at radius 1 is 0.875 bits per heavy atom. The van der Waals surface area contributed by atoms with Crippen molar-refractivity contribution < 1.29 is 48.0 Å². The van der Waals surface area contributed by atoms with Gasteiger partial charge in [0.2, 0.25) is 0 Å². The Bertz CT molecular complexity index is 518. The van der Waals surface area contributed by atoms with Gasteiger partial charge in [-0.25, -0.2) is 19.2 Å². The van der Waals surface area contributed by atoms with Gasteiger partial charge in [-0.1, -0.05) is 0 Å². The second-order valence-electron chi connectivity index (χ2n) is 5.19. The molecule has 134 valence electrons. The summed E-state index contributed by atoms with van der Waals surface area (Å²) in [5.74, 6) is -8.71. The van der Waals surface area contributed by atoms with Crippen LogP contribution in [0.25, 0.3) is 0 Å². The van der Waals surface area contributed by atoms with E-state index >= 15 is 0 Å². The molecule has 10 nitrogen and oxygen atoms in total. The van der Waals surface area contributed by atoms with E-state index in [0.29, 0.717) is 0 Å². The van der Waals surface area contributed by atoms with Crippen LogP contribution in [-0.4, -0.2) is 53.1 Å². The highest BCUT2D eigenvalue weighted by atomic mass is 16.8. The summed E-state index contributed by atoms with van der Waals surface area (Å²) in [5, 5.41) is 9.09. The van der Waals surface area contributed by atoms with Crippen molar-refractivity contribution in [1.82, 2.24) is 0 Å². The number of carboxylic acids is 1. The van der Waals surface area contributed by atoms with Crippen LogP contribution in [0.5, 0.6) is 0 Å². The lowest BCUT2D eigenvalue weighted by atomic mass is 10.2. The normalized spacial score (nSPS) is 15.0. The summed E-state index contributed by atoms with van der Waals surface area (Å²) in [6, 6.07) is 0. The lowest BCUT2D eigenvalue weighted by Gasteiger charge is -2.23. The molecular formula is C14H18O10. The molecule has 1 aliphatic rings. The molecule has 1 aliphatic heterocycles. The minimum atomic E-state index is -2.84. The average Bonchev–Trinajstić information content (AvgIpc) is 2.93. The molecule has 0 bridgehead atoms. The molecule has 0 aromatic heterocycles. The van der Waals surface area contributed by atoms with Gasteiger partial charge in [0.15, 0.2) is 0 Å². The molecule has 0 radical (unpaired) electrons. The zero-order valence-corrected chi connectivity index (χ0v) is 13.5. The van der Waals surface area contributed by atoms with Crippen molar-refractivity contribution in [2.24, 2.45) is 0 Å². The van der Waals surface area contributed by atoms with E-state index in [9.17, 15) is 19.2 Å². The fourth-order valence-electron chi connectivity index (χ4n) is 1.52. The maximum atomic E-state index is 12.1. The predicted octanol–water partition coefficient (Wildman–Crippen LogP) is 0.100. The number of esters is 3. The van der Waals surface area contributed by atoms with E-state index in [0.717, 1.165) is 12.5 Å². The van der Waals surface area contributed by atoms with E-state index < -0.39 is 48.0 Å². The van der Waals surface area contributed by atoms with E-state index in [1.807, 2.05) is 0 Å². The molecule has 0 saturated heterocycles. The number of hydrogen-bond donors (Lipinski definition) is 1. The molecule has 0 amide bonds. The molecule has 0 unspecified atom stereocenters. The summed E-state index contributed by atoms with van der Waals surface area (Å²) in [6.07, 6.45) is -1.72. The maximum Gasteiger partial charge on any atom is 0.452 e. The third-order valence-electron chi connectivity index (χ3n) is 2.43. The average molecular weight is 346 g/mol. The molecule has 1 heterocycles. The number of carboxylic acid groups (broad SMARTS) is 1. The molecule has 0 spiro atoms. The van der Waals surface area contributed by atoms with Gasteiger partial charge in [-0.15, -0.1) is 0 Å². The van der Waals surface area contributed by atoms with Gasteiger partial charge in [0.1, 0.15) is 12.5 Å². The van der Waals surface area contributed by atoms with Crippen molar-refractivity contribution in [3.8, 4) is 0 Å². The highest BCUT2D eigenvalue weighted by Crippen LogP contribution is 2.23. The summed E-state index contributed by atoms with van der Waals surface area (Å²) in [6.45, 7) is 6.04. The van der Waals surface area contributed by atoms with Gasteiger partial charge >= 0.3 is 29.7 Å². The first-order chi connectivity index (χ1) is 11.1. The second-order valence-corrected chi connectivity index (χ2v) is 5.19. The number of carbonyl (C=O) groups is 4. The zero-order valence-electron chi connectivity index (χ0n) is 13.5. The molecular weight excluding hydrogens is 328 g/mol. The smallest absolute Gasteiger partial charge is 0.452 e. The summed E-state index contributed by atoms with van der Waals surface area (Å²) in [5.41, 5.74) is 0. The molecule has 0 aromatic carbocycles. The highest BCUT2D eigenvalue weighted by Gasteiger charge is 2.57. The predicted molar refractivity (Wildman–Crippen MR) is 74.0 cm³/mol. The topological polar surface area (TPSA) is 135 Å². The fraction of sp³-hybridized carbons (Fsp3) is 0.571. The zero-order chi connectivity index (χ0) is 18.5.